The van der Waals surface area contributed by atoms with Crippen molar-refractivity contribution in [3.05, 3.63) is 27.2 Å². The second kappa shape index (κ2) is 3.77. The van der Waals surface area contributed by atoms with Crippen LogP contribution in [0.4, 0.5) is 0 Å². The Labute approximate surface area is 94.4 Å². The van der Waals surface area contributed by atoms with Gasteiger partial charge in [0.2, 0.25) is 0 Å². The van der Waals surface area contributed by atoms with Gasteiger partial charge in [0.1, 0.15) is 0 Å². The molecule has 0 amide bonds. The standard InChI is InChI=1S/C7H5BrCl2O2S/c1-4-2-5(9)3-6(8)7(4)13(10,11)12/h2-3H,1H3. The van der Waals surface area contributed by atoms with Gasteiger partial charge in [-0.2, -0.15) is 0 Å². The predicted octanol–water partition coefficient (Wildman–Crippen LogP) is 3.34. The molecular weight excluding hydrogens is 299 g/mol. The van der Waals surface area contributed by atoms with Gasteiger partial charge in [-0.25, -0.2) is 8.42 Å². The SMILES string of the molecule is Cc1cc(Cl)cc(Br)c1S(=O)(=O)Cl. The van der Waals surface area contributed by atoms with Crippen molar-refractivity contribution in [3.63, 3.8) is 0 Å². The zero-order valence-electron chi connectivity index (χ0n) is 6.51. The summed E-state index contributed by atoms with van der Waals surface area (Å²) in [7, 11) is 1.51. The summed E-state index contributed by atoms with van der Waals surface area (Å²) >= 11 is 8.79. The summed E-state index contributed by atoms with van der Waals surface area (Å²) < 4.78 is 22.5. The van der Waals surface area contributed by atoms with Crippen LogP contribution < -0.4 is 0 Å². The van der Waals surface area contributed by atoms with E-state index in [1.807, 2.05) is 0 Å². The molecule has 0 radical (unpaired) electrons. The first-order valence-electron chi connectivity index (χ1n) is 3.22. The second-order valence-corrected chi connectivity index (χ2v) is 6.27. The number of hydrogen-bond donors (Lipinski definition) is 0. The van der Waals surface area contributed by atoms with Crippen LogP contribution in [-0.4, -0.2) is 8.42 Å². The van der Waals surface area contributed by atoms with Crippen LogP contribution in [0.2, 0.25) is 5.02 Å². The lowest BCUT2D eigenvalue weighted by Crippen LogP contribution is -1.95. The van der Waals surface area contributed by atoms with E-state index >= 15 is 0 Å². The molecule has 2 nitrogen and oxygen atoms in total. The van der Waals surface area contributed by atoms with E-state index in [1.165, 1.54) is 6.07 Å². The molecule has 0 unspecified atom stereocenters. The molecule has 0 heterocycles. The van der Waals surface area contributed by atoms with Crippen molar-refractivity contribution >= 4 is 47.3 Å². The van der Waals surface area contributed by atoms with Crippen LogP contribution in [0.3, 0.4) is 0 Å². The third kappa shape index (κ3) is 2.59. The number of benzene rings is 1. The lowest BCUT2D eigenvalue weighted by Gasteiger charge is -2.04. The Morgan fingerprint density at radius 2 is 1.92 bits per heavy atom. The number of aryl methyl sites for hydroxylation is 1. The van der Waals surface area contributed by atoms with Crippen LogP contribution in [0.15, 0.2) is 21.5 Å². The molecule has 13 heavy (non-hydrogen) atoms. The molecule has 0 saturated carbocycles. The lowest BCUT2D eigenvalue weighted by atomic mass is 10.2. The normalized spacial score (nSPS) is 11.7. The van der Waals surface area contributed by atoms with Crippen LogP contribution >= 0.6 is 38.2 Å². The fraction of sp³-hybridized carbons (Fsp3) is 0.143. The molecule has 0 fully saturated rings. The summed E-state index contributed by atoms with van der Waals surface area (Å²) in [6.45, 7) is 1.63. The molecule has 0 N–H and O–H groups in total. The van der Waals surface area contributed by atoms with E-state index < -0.39 is 9.05 Å². The molecule has 0 spiro atoms. The average Bonchev–Trinajstić information content (AvgIpc) is 1.78. The Hall–Kier alpha value is 0.230. The van der Waals surface area contributed by atoms with Crippen LogP contribution in [0.1, 0.15) is 5.56 Å². The minimum atomic E-state index is -3.71. The first-order valence-corrected chi connectivity index (χ1v) is 6.70. The van der Waals surface area contributed by atoms with Crippen molar-refractivity contribution in [2.24, 2.45) is 0 Å². The smallest absolute Gasteiger partial charge is 0.207 e. The van der Waals surface area contributed by atoms with Crippen molar-refractivity contribution in [2.45, 2.75) is 11.8 Å². The highest BCUT2D eigenvalue weighted by Crippen LogP contribution is 2.31. The summed E-state index contributed by atoms with van der Waals surface area (Å²) in [5.41, 5.74) is 0.523. The number of halogens is 3. The third-order valence-corrected chi connectivity index (χ3v) is 4.04. The molecule has 0 aliphatic rings. The molecule has 0 aromatic heterocycles. The summed E-state index contributed by atoms with van der Waals surface area (Å²) in [5, 5.41) is 0.466. The summed E-state index contributed by atoms with van der Waals surface area (Å²) in [4.78, 5) is 0.0681. The summed E-state index contributed by atoms with van der Waals surface area (Å²) in [5.74, 6) is 0. The molecule has 72 valence electrons. The van der Waals surface area contributed by atoms with Gasteiger partial charge in [0.05, 0.1) is 4.90 Å². The van der Waals surface area contributed by atoms with Crippen LogP contribution in [-0.2, 0) is 9.05 Å². The minimum absolute atomic E-state index is 0.0681. The number of hydrogen-bond acceptors (Lipinski definition) is 2. The largest absolute Gasteiger partial charge is 0.262 e. The molecule has 1 aromatic carbocycles. The molecule has 0 aliphatic carbocycles. The van der Waals surface area contributed by atoms with E-state index in [4.69, 9.17) is 22.3 Å². The van der Waals surface area contributed by atoms with Crippen LogP contribution in [0, 0.1) is 6.92 Å². The molecule has 0 aliphatic heterocycles. The average molecular weight is 304 g/mol. The summed E-state index contributed by atoms with van der Waals surface area (Å²) in [6, 6.07) is 3.03. The van der Waals surface area contributed by atoms with Crippen LogP contribution in [0.25, 0.3) is 0 Å². The second-order valence-electron chi connectivity index (χ2n) is 2.47. The van der Waals surface area contributed by atoms with E-state index in [0.717, 1.165) is 0 Å². The maximum Gasteiger partial charge on any atom is 0.262 e. The van der Waals surface area contributed by atoms with Gasteiger partial charge >= 0.3 is 0 Å². The van der Waals surface area contributed by atoms with Gasteiger partial charge in [0.15, 0.2) is 0 Å². The van der Waals surface area contributed by atoms with Crippen molar-refractivity contribution in [1.29, 1.82) is 0 Å². The van der Waals surface area contributed by atoms with Gasteiger partial charge in [-0.15, -0.1) is 0 Å². The van der Waals surface area contributed by atoms with Crippen molar-refractivity contribution < 1.29 is 8.42 Å². The maximum absolute atomic E-state index is 11.1. The molecule has 0 bridgehead atoms. The first kappa shape index (κ1) is 11.3. The van der Waals surface area contributed by atoms with Crippen molar-refractivity contribution in [2.75, 3.05) is 0 Å². The minimum Gasteiger partial charge on any atom is -0.207 e. The molecule has 1 aromatic rings. The molecule has 1 rings (SSSR count). The molecular formula is C7H5BrCl2O2S. The Bertz CT molecular complexity index is 419. The molecule has 6 heteroatoms. The van der Waals surface area contributed by atoms with E-state index in [0.29, 0.717) is 15.1 Å². The van der Waals surface area contributed by atoms with E-state index in [-0.39, 0.29) is 4.90 Å². The fourth-order valence-electron chi connectivity index (χ4n) is 0.998. The quantitative estimate of drug-likeness (QED) is 0.746. The fourth-order valence-corrected chi connectivity index (χ4v) is 4.23. The maximum atomic E-state index is 11.1. The predicted molar refractivity (Wildman–Crippen MR) is 56.9 cm³/mol. The Morgan fingerprint density at radius 1 is 1.38 bits per heavy atom. The number of rotatable bonds is 1. The molecule has 0 atom stereocenters. The highest BCUT2D eigenvalue weighted by molar-refractivity contribution is 9.10. The molecule has 0 saturated heterocycles. The van der Waals surface area contributed by atoms with E-state index in [1.54, 1.807) is 13.0 Å². The Balaban J connectivity index is 3.57. The van der Waals surface area contributed by atoms with Gasteiger partial charge in [0, 0.05) is 20.2 Å². The lowest BCUT2D eigenvalue weighted by molar-refractivity contribution is 0.608. The van der Waals surface area contributed by atoms with Gasteiger partial charge in [-0.05, 0) is 40.5 Å². The highest BCUT2D eigenvalue weighted by atomic mass is 79.9. The Morgan fingerprint density at radius 3 is 2.31 bits per heavy atom. The van der Waals surface area contributed by atoms with Gasteiger partial charge in [-0.3, -0.25) is 0 Å². The first-order chi connectivity index (χ1) is 5.82. The zero-order valence-corrected chi connectivity index (χ0v) is 10.4. The van der Waals surface area contributed by atoms with Crippen LogP contribution in [0.5, 0.6) is 0 Å². The van der Waals surface area contributed by atoms with Crippen molar-refractivity contribution in [3.8, 4) is 0 Å². The topological polar surface area (TPSA) is 34.1 Å². The van der Waals surface area contributed by atoms with Crippen molar-refractivity contribution in [1.82, 2.24) is 0 Å². The van der Waals surface area contributed by atoms with E-state index in [9.17, 15) is 8.42 Å². The van der Waals surface area contributed by atoms with Gasteiger partial charge in [-0.1, -0.05) is 11.6 Å². The monoisotopic (exact) mass is 302 g/mol. The summed E-state index contributed by atoms with van der Waals surface area (Å²) in [6.07, 6.45) is 0. The Kier molecular flexibility index (Phi) is 3.28. The van der Waals surface area contributed by atoms with Gasteiger partial charge < -0.3 is 0 Å². The highest BCUT2D eigenvalue weighted by Gasteiger charge is 2.17. The van der Waals surface area contributed by atoms with Gasteiger partial charge in [0.25, 0.3) is 9.05 Å². The third-order valence-electron chi connectivity index (χ3n) is 1.44. The zero-order chi connectivity index (χ0) is 10.2. The van der Waals surface area contributed by atoms with E-state index in [2.05, 4.69) is 15.9 Å².